The molecule has 0 saturated carbocycles. The fraction of sp³-hybridized carbons (Fsp3) is 0.556. The summed E-state index contributed by atoms with van der Waals surface area (Å²) in [7, 11) is 0. The van der Waals surface area contributed by atoms with Gasteiger partial charge < -0.3 is 0 Å². The third kappa shape index (κ3) is 1.38. The van der Waals surface area contributed by atoms with Crippen LogP contribution >= 0.6 is 0 Å². The molecule has 0 heterocycles. The minimum atomic E-state index is 0.129. The van der Waals surface area contributed by atoms with Crippen LogP contribution in [-0.4, -0.2) is 0 Å². The topological polar surface area (TPSA) is 0 Å². The Morgan fingerprint density at radius 2 is 0.889 bits per heavy atom. The van der Waals surface area contributed by atoms with E-state index in [2.05, 4.69) is 67.5 Å². The summed E-state index contributed by atoms with van der Waals surface area (Å²) in [6, 6.07) is 0. The summed E-state index contributed by atoms with van der Waals surface area (Å²) in [5.74, 6) is 0. The zero-order valence-electron chi connectivity index (χ0n) is 13.2. The van der Waals surface area contributed by atoms with Gasteiger partial charge in [-0.05, 0) is 52.7 Å². The van der Waals surface area contributed by atoms with Gasteiger partial charge in [-0.25, -0.2) is 0 Å². The van der Waals surface area contributed by atoms with Gasteiger partial charge in [-0.3, -0.25) is 0 Å². The van der Waals surface area contributed by atoms with Gasteiger partial charge in [0.15, 0.2) is 0 Å². The highest BCUT2D eigenvalue weighted by Crippen LogP contribution is 2.59. The standard InChI is InChI=1S/C18H26/c1-11-9-17(7,15(5)13(11)3)18(8)10-12(2)14(4)16(18)6/h9-10H,1-8H3/t17-,18+. The first-order chi connectivity index (χ1) is 8.15. The van der Waals surface area contributed by atoms with Crippen LogP contribution in [0.3, 0.4) is 0 Å². The Labute approximate surface area is 112 Å². The largest absolute Gasteiger partial charge is 0.0702 e. The van der Waals surface area contributed by atoms with Crippen molar-refractivity contribution in [3.05, 3.63) is 45.6 Å². The predicted octanol–water partition coefficient (Wildman–Crippen LogP) is 5.59. The van der Waals surface area contributed by atoms with Crippen molar-refractivity contribution >= 4 is 0 Å². The molecule has 0 aromatic carbocycles. The fourth-order valence-electron chi connectivity index (χ4n) is 3.75. The lowest BCUT2D eigenvalue weighted by atomic mass is 9.60. The van der Waals surface area contributed by atoms with Crippen LogP contribution in [-0.2, 0) is 0 Å². The second kappa shape index (κ2) is 3.73. The van der Waals surface area contributed by atoms with E-state index in [-0.39, 0.29) is 10.8 Å². The van der Waals surface area contributed by atoms with Gasteiger partial charge in [0.2, 0.25) is 0 Å². The minimum absolute atomic E-state index is 0.129. The first-order valence-electron chi connectivity index (χ1n) is 6.90. The maximum absolute atomic E-state index is 2.48. The van der Waals surface area contributed by atoms with Crippen molar-refractivity contribution < 1.29 is 0 Å². The first kappa shape index (κ1) is 13.4. The molecule has 2 aliphatic rings. The van der Waals surface area contributed by atoms with Crippen LogP contribution in [0.5, 0.6) is 0 Å². The fourth-order valence-corrected chi connectivity index (χ4v) is 3.75. The Balaban J connectivity index is 2.66. The summed E-state index contributed by atoms with van der Waals surface area (Å²) >= 11 is 0. The molecule has 0 aromatic heterocycles. The maximum atomic E-state index is 2.48. The molecule has 0 amide bonds. The van der Waals surface area contributed by atoms with Gasteiger partial charge in [0.05, 0.1) is 0 Å². The molecule has 0 nitrogen and oxygen atoms in total. The lowest BCUT2D eigenvalue weighted by Gasteiger charge is -2.42. The monoisotopic (exact) mass is 242 g/mol. The van der Waals surface area contributed by atoms with Crippen molar-refractivity contribution in [3.8, 4) is 0 Å². The number of hydrogen-bond acceptors (Lipinski definition) is 0. The van der Waals surface area contributed by atoms with E-state index in [9.17, 15) is 0 Å². The van der Waals surface area contributed by atoms with Crippen molar-refractivity contribution in [1.29, 1.82) is 0 Å². The Hall–Kier alpha value is -1.04. The van der Waals surface area contributed by atoms with E-state index < -0.39 is 0 Å². The van der Waals surface area contributed by atoms with E-state index in [4.69, 9.17) is 0 Å². The van der Waals surface area contributed by atoms with Crippen LogP contribution in [0.25, 0.3) is 0 Å². The van der Waals surface area contributed by atoms with Gasteiger partial charge in [-0.1, -0.05) is 48.3 Å². The average Bonchev–Trinajstić information content (AvgIpc) is 2.63. The Kier molecular flexibility index (Phi) is 2.77. The van der Waals surface area contributed by atoms with Gasteiger partial charge in [-0.2, -0.15) is 0 Å². The van der Waals surface area contributed by atoms with Gasteiger partial charge in [0, 0.05) is 10.8 Å². The Morgan fingerprint density at radius 1 is 0.611 bits per heavy atom. The van der Waals surface area contributed by atoms with E-state index in [1.807, 2.05) is 0 Å². The van der Waals surface area contributed by atoms with E-state index in [1.54, 1.807) is 0 Å². The van der Waals surface area contributed by atoms with Crippen LogP contribution < -0.4 is 0 Å². The van der Waals surface area contributed by atoms with Crippen molar-refractivity contribution in [2.45, 2.75) is 55.4 Å². The van der Waals surface area contributed by atoms with E-state index >= 15 is 0 Å². The second-order valence-corrected chi connectivity index (χ2v) is 6.56. The summed E-state index contributed by atoms with van der Waals surface area (Å²) in [6.45, 7) is 18.4. The average molecular weight is 242 g/mol. The molecule has 0 fully saturated rings. The normalized spacial score (nSPS) is 36.4. The highest BCUT2D eigenvalue weighted by atomic mass is 14.5. The molecular weight excluding hydrogens is 216 g/mol. The molecule has 0 unspecified atom stereocenters. The predicted molar refractivity (Wildman–Crippen MR) is 80.5 cm³/mol. The molecule has 18 heavy (non-hydrogen) atoms. The molecule has 2 rings (SSSR count). The molecule has 98 valence electrons. The minimum Gasteiger partial charge on any atom is -0.0702 e. The van der Waals surface area contributed by atoms with Gasteiger partial charge >= 0.3 is 0 Å². The van der Waals surface area contributed by atoms with Crippen molar-refractivity contribution in [2.75, 3.05) is 0 Å². The van der Waals surface area contributed by atoms with Crippen LogP contribution in [0, 0.1) is 10.8 Å². The lowest BCUT2D eigenvalue weighted by Crippen LogP contribution is -2.34. The maximum Gasteiger partial charge on any atom is 0.0197 e. The lowest BCUT2D eigenvalue weighted by molar-refractivity contribution is 0.284. The smallest absolute Gasteiger partial charge is 0.0197 e. The molecule has 0 aromatic rings. The SMILES string of the molecule is CC1=C[C@](C)([C@]2(C)C=C(C)C(C)=C2C)C(C)=C1C. The summed E-state index contributed by atoms with van der Waals surface area (Å²) in [4.78, 5) is 0. The van der Waals surface area contributed by atoms with Crippen LogP contribution in [0.4, 0.5) is 0 Å². The molecule has 0 spiro atoms. The molecule has 0 radical (unpaired) electrons. The quantitative estimate of drug-likeness (QED) is 0.562. The Morgan fingerprint density at radius 3 is 1.06 bits per heavy atom. The third-order valence-corrected chi connectivity index (χ3v) is 5.96. The summed E-state index contributed by atoms with van der Waals surface area (Å²) in [5, 5.41) is 0. The Bertz CT molecular complexity index is 486. The molecule has 0 bridgehead atoms. The van der Waals surface area contributed by atoms with E-state index in [0.717, 1.165) is 0 Å². The molecular formula is C18H26. The number of hydrogen-bond donors (Lipinski definition) is 0. The van der Waals surface area contributed by atoms with Crippen molar-refractivity contribution in [3.63, 3.8) is 0 Å². The highest BCUT2D eigenvalue weighted by Gasteiger charge is 2.49. The highest BCUT2D eigenvalue weighted by molar-refractivity contribution is 5.55. The van der Waals surface area contributed by atoms with E-state index in [1.165, 1.54) is 33.4 Å². The zero-order chi connectivity index (χ0) is 13.9. The molecule has 2 atom stereocenters. The van der Waals surface area contributed by atoms with Crippen molar-refractivity contribution in [2.24, 2.45) is 10.8 Å². The van der Waals surface area contributed by atoms with Crippen LogP contribution in [0.1, 0.15) is 55.4 Å². The molecule has 2 aliphatic carbocycles. The van der Waals surface area contributed by atoms with Crippen LogP contribution in [0.15, 0.2) is 45.6 Å². The van der Waals surface area contributed by atoms with Gasteiger partial charge in [0.1, 0.15) is 0 Å². The van der Waals surface area contributed by atoms with E-state index in [0.29, 0.717) is 0 Å². The summed E-state index contributed by atoms with van der Waals surface area (Å²) in [6.07, 6.45) is 4.95. The first-order valence-corrected chi connectivity index (χ1v) is 6.90. The number of allylic oxidation sites excluding steroid dienone is 8. The summed E-state index contributed by atoms with van der Waals surface area (Å²) in [5.41, 5.74) is 9.15. The molecule has 0 heteroatoms. The zero-order valence-corrected chi connectivity index (χ0v) is 13.2. The molecule has 0 aliphatic heterocycles. The van der Waals surface area contributed by atoms with Gasteiger partial charge in [0.25, 0.3) is 0 Å². The molecule has 0 saturated heterocycles. The number of rotatable bonds is 1. The van der Waals surface area contributed by atoms with Crippen molar-refractivity contribution in [1.82, 2.24) is 0 Å². The van der Waals surface area contributed by atoms with Crippen LogP contribution in [0.2, 0.25) is 0 Å². The van der Waals surface area contributed by atoms with Gasteiger partial charge in [-0.15, -0.1) is 0 Å². The molecule has 0 N–H and O–H groups in total. The second-order valence-electron chi connectivity index (χ2n) is 6.56. The third-order valence-electron chi connectivity index (χ3n) is 5.96. The summed E-state index contributed by atoms with van der Waals surface area (Å²) < 4.78 is 0.